The van der Waals surface area contributed by atoms with Crippen LogP contribution in [0.4, 0.5) is 5.69 Å². The fourth-order valence-corrected chi connectivity index (χ4v) is 3.86. The van der Waals surface area contributed by atoms with Crippen LogP contribution in [-0.2, 0) is 6.54 Å². The Labute approximate surface area is 171 Å². The topological polar surface area (TPSA) is 111 Å². The van der Waals surface area contributed by atoms with Crippen molar-refractivity contribution in [3.63, 3.8) is 0 Å². The zero-order valence-electron chi connectivity index (χ0n) is 16.1. The molecule has 30 heavy (non-hydrogen) atoms. The van der Waals surface area contributed by atoms with Gasteiger partial charge in [0, 0.05) is 17.7 Å². The van der Waals surface area contributed by atoms with Gasteiger partial charge in [-0.15, -0.1) is 0 Å². The summed E-state index contributed by atoms with van der Waals surface area (Å²) in [6, 6.07) is 14.0. The third-order valence-corrected chi connectivity index (χ3v) is 5.33. The maximum atomic E-state index is 11.0. The van der Waals surface area contributed by atoms with Gasteiger partial charge in [0.15, 0.2) is 5.58 Å². The van der Waals surface area contributed by atoms with Crippen LogP contribution in [0.5, 0.6) is 0 Å². The molecule has 0 radical (unpaired) electrons. The Morgan fingerprint density at radius 2 is 2.03 bits per heavy atom. The van der Waals surface area contributed by atoms with Gasteiger partial charge in [0.1, 0.15) is 5.52 Å². The van der Waals surface area contributed by atoms with E-state index in [4.69, 9.17) is 8.94 Å². The van der Waals surface area contributed by atoms with Crippen molar-refractivity contribution in [3.05, 3.63) is 70.4 Å². The number of aromatic nitrogens is 3. The number of benzene rings is 2. The van der Waals surface area contributed by atoms with Crippen LogP contribution < -0.4 is 0 Å². The van der Waals surface area contributed by atoms with Crippen LogP contribution in [-0.4, -0.2) is 31.5 Å². The van der Waals surface area contributed by atoms with Gasteiger partial charge in [0.2, 0.25) is 17.6 Å². The van der Waals surface area contributed by atoms with Crippen molar-refractivity contribution in [2.75, 3.05) is 6.54 Å². The van der Waals surface area contributed by atoms with E-state index in [0.717, 1.165) is 36.9 Å². The average Bonchev–Trinajstić information content (AvgIpc) is 3.41. The number of oxazole rings is 1. The highest BCUT2D eigenvalue weighted by Gasteiger charge is 2.29. The van der Waals surface area contributed by atoms with Gasteiger partial charge in [-0.25, -0.2) is 4.98 Å². The van der Waals surface area contributed by atoms with Crippen molar-refractivity contribution in [1.82, 2.24) is 20.0 Å². The Bertz CT molecular complexity index is 1170. The van der Waals surface area contributed by atoms with Gasteiger partial charge >= 0.3 is 0 Å². The molecule has 0 saturated carbocycles. The summed E-state index contributed by atoms with van der Waals surface area (Å²) < 4.78 is 11.4. The number of para-hydroxylation sites is 2. The first-order valence-electron chi connectivity index (χ1n) is 9.84. The highest BCUT2D eigenvalue weighted by atomic mass is 16.6. The number of fused-ring (bicyclic) bond motifs is 1. The van der Waals surface area contributed by atoms with E-state index < -0.39 is 4.92 Å². The lowest BCUT2D eigenvalue weighted by molar-refractivity contribution is -0.384. The summed E-state index contributed by atoms with van der Waals surface area (Å²) in [5.74, 6) is 1.50. The molecule has 0 N–H and O–H groups in total. The molecule has 3 heterocycles. The fraction of sp³-hybridized carbons (Fsp3) is 0.286. The minimum atomic E-state index is -0.441. The van der Waals surface area contributed by atoms with Crippen molar-refractivity contribution in [2.24, 2.45) is 0 Å². The molecule has 0 aliphatic carbocycles. The van der Waals surface area contributed by atoms with Gasteiger partial charge in [0.25, 0.3) is 5.69 Å². The van der Waals surface area contributed by atoms with Crippen LogP contribution >= 0.6 is 0 Å². The minimum Gasteiger partial charge on any atom is -0.439 e. The van der Waals surface area contributed by atoms with Crippen molar-refractivity contribution < 1.29 is 13.9 Å². The van der Waals surface area contributed by atoms with Crippen molar-refractivity contribution in [2.45, 2.75) is 31.8 Å². The normalized spacial score (nSPS) is 17.4. The molecule has 0 unspecified atom stereocenters. The van der Waals surface area contributed by atoms with Gasteiger partial charge in [0.05, 0.1) is 17.5 Å². The molecule has 9 nitrogen and oxygen atoms in total. The van der Waals surface area contributed by atoms with E-state index in [9.17, 15) is 10.1 Å². The fourth-order valence-electron chi connectivity index (χ4n) is 3.86. The standard InChI is InChI=1S/C21H19N5O4/c27-26(28)15-7-5-6-14(12-15)20-23-19(30-24-20)13-25-11-4-3-9-17(25)21-22-16-8-1-2-10-18(16)29-21/h1-2,5-8,10,12,17H,3-4,9,11,13H2/t17-/m1/s1. The molecule has 1 saturated heterocycles. The first-order chi connectivity index (χ1) is 14.7. The van der Waals surface area contributed by atoms with Gasteiger partial charge in [-0.05, 0) is 31.5 Å². The Hall–Kier alpha value is -3.59. The predicted octanol–water partition coefficient (Wildman–Crippen LogP) is 4.51. The van der Waals surface area contributed by atoms with Crippen LogP contribution in [0.3, 0.4) is 0 Å². The molecule has 9 heteroatoms. The SMILES string of the molecule is O=[N+]([O-])c1cccc(-c2noc(CN3CCCC[C@@H]3c3nc4ccccc4o3)n2)c1. The molecule has 1 fully saturated rings. The summed E-state index contributed by atoms with van der Waals surface area (Å²) in [6.45, 7) is 1.34. The molecule has 2 aromatic carbocycles. The number of nitro groups is 1. The first-order valence-corrected chi connectivity index (χ1v) is 9.84. The van der Waals surface area contributed by atoms with Gasteiger partial charge in [-0.2, -0.15) is 4.98 Å². The minimum absolute atomic E-state index is 0.00842. The number of non-ortho nitro benzene ring substituents is 1. The largest absolute Gasteiger partial charge is 0.439 e. The van der Waals surface area contributed by atoms with Gasteiger partial charge in [-0.3, -0.25) is 15.0 Å². The quantitative estimate of drug-likeness (QED) is 0.352. The summed E-state index contributed by atoms with van der Waals surface area (Å²) in [5, 5.41) is 15.0. The lowest BCUT2D eigenvalue weighted by atomic mass is 10.0. The monoisotopic (exact) mass is 405 g/mol. The second kappa shape index (κ2) is 7.68. The van der Waals surface area contributed by atoms with Crippen molar-refractivity contribution in [3.8, 4) is 11.4 Å². The summed E-state index contributed by atoms with van der Waals surface area (Å²) in [7, 11) is 0. The number of nitrogens with zero attached hydrogens (tertiary/aromatic N) is 5. The van der Waals surface area contributed by atoms with Crippen molar-refractivity contribution >= 4 is 16.8 Å². The molecule has 1 aliphatic rings. The van der Waals surface area contributed by atoms with E-state index in [1.165, 1.54) is 12.1 Å². The summed E-state index contributed by atoms with van der Waals surface area (Å²) >= 11 is 0. The van der Waals surface area contributed by atoms with E-state index in [1.807, 2.05) is 24.3 Å². The van der Waals surface area contributed by atoms with Crippen LogP contribution in [0.2, 0.25) is 0 Å². The second-order valence-corrected chi connectivity index (χ2v) is 7.32. The molecular formula is C21H19N5O4. The average molecular weight is 405 g/mol. The third-order valence-electron chi connectivity index (χ3n) is 5.33. The van der Waals surface area contributed by atoms with Crippen LogP contribution in [0.25, 0.3) is 22.5 Å². The Balaban J connectivity index is 1.38. The molecule has 152 valence electrons. The number of piperidine rings is 1. The second-order valence-electron chi connectivity index (χ2n) is 7.32. The summed E-state index contributed by atoms with van der Waals surface area (Å²) in [5.41, 5.74) is 2.17. The lowest BCUT2D eigenvalue weighted by Crippen LogP contribution is -2.33. The number of hydrogen-bond donors (Lipinski definition) is 0. The van der Waals surface area contributed by atoms with Crippen LogP contribution in [0.15, 0.2) is 57.5 Å². The number of hydrogen-bond acceptors (Lipinski definition) is 8. The zero-order chi connectivity index (χ0) is 20.5. The van der Waals surface area contributed by atoms with E-state index in [2.05, 4.69) is 20.0 Å². The lowest BCUT2D eigenvalue weighted by Gasteiger charge is -2.32. The molecule has 1 aliphatic heterocycles. The molecule has 2 aromatic heterocycles. The predicted molar refractivity (Wildman–Crippen MR) is 107 cm³/mol. The number of nitro benzene ring substituents is 1. The maximum Gasteiger partial charge on any atom is 0.270 e. The van der Waals surface area contributed by atoms with E-state index >= 15 is 0 Å². The number of rotatable bonds is 5. The first kappa shape index (κ1) is 18.4. The highest BCUT2D eigenvalue weighted by Crippen LogP contribution is 2.33. The Morgan fingerprint density at radius 1 is 1.13 bits per heavy atom. The Morgan fingerprint density at radius 3 is 2.90 bits per heavy atom. The Kier molecular flexibility index (Phi) is 4.72. The maximum absolute atomic E-state index is 11.0. The molecule has 0 spiro atoms. The van der Waals surface area contributed by atoms with Crippen molar-refractivity contribution in [1.29, 1.82) is 0 Å². The number of likely N-dealkylation sites (tertiary alicyclic amines) is 1. The van der Waals surface area contributed by atoms with Gasteiger partial charge < -0.3 is 8.94 Å². The summed E-state index contributed by atoms with van der Waals surface area (Å²) in [4.78, 5) is 21.9. The van der Waals surface area contributed by atoms with E-state index in [0.29, 0.717) is 29.7 Å². The highest BCUT2D eigenvalue weighted by molar-refractivity contribution is 5.72. The molecule has 4 aromatic rings. The van der Waals surface area contributed by atoms with Gasteiger partial charge in [-0.1, -0.05) is 35.8 Å². The van der Waals surface area contributed by atoms with E-state index in [-0.39, 0.29) is 11.7 Å². The van der Waals surface area contributed by atoms with Crippen LogP contribution in [0, 0.1) is 10.1 Å². The molecule has 5 rings (SSSR count). The molecule has 0 amide bonds. The molecule has 0 bridgehead atoms. The van der Waals surface area contributed by atoms with Crippen LogP contribution in [0.1, 0.15) is 37.1 Å². The molecule has 1 atom stereocenters. The third kappa shape index (κ3) is 3.55. The smallest absolute Gasteiger partial charge is 0.270 e. The van der Waals surface area contributed by atoms with E-state index in [1.54, 1.807) is 12.1 Å². The summed E-state index contributed by atoms with van der Waals surface area (Å²) in [6.07, 6.45) is 3.12. The zero-order valence-corrected chi connectivity index (χ0v) is 16.1. The molecular weight excluding hydrogens is 386 g/mol.